The van der Waals surface area contributed by atoms with E-state index in [4.69, 9.17) is 4.74 Å². The molecule has 0 unspecified atom stereocenters. The summed E-state index contributed by atoms with van der Waals surface area (Å²) in [6.07, 6.45) is 4.89. The first-order chi connectivity index (χ1) is 12.5. The van der Waals surface area contributed by atoms with Gasteiger partial charge in [0, 0.05) is 10.0 Å². The lowest BCUT2D eigenvalue weighted by Crippen LogP contribution is -2.12. The molecule has 1 aliphatic carbocycles. The molecule has 1 fully saturated rings. The zero-order chi connectivity index (χ0) is 18.7. The topological polar surface area (TPSA) is 74.1 Å². The van der Waals surface area contributed by atoms with Gasteiger partial charge in [0.2, 0.25) is 0 Å². The number of phenolic OH excluding ortho intramolecular Hbond substituents is 2. The van der Waals surface area contributed by atoms with Crippen LogP contribution in [0.3, 0.4) is 0 Å². The van der Waals surface area contributed by atoms with Gasteiger partial charge in [-0.3, -0.25) is 5.43 Å². The van der Waals surface area contributed by atoms with E-state index in [1.807, 2.05) is 24.3 Å². The molecule has 26 heavy (non-hydrogen) atoms. The number of benzene rings is 2. The molecule has 0 amide bonds. The molecule has 0 atom stereocenters. The van der Waals surface area contributed by atoms with Gasteiger partial charge in [-0.25, -0.2) is 0 Å². The van der Waals surface area contributed by atoms with Gasteiger partial charge < -0.3 is 14.9 Å². The Hall–Kier alpha value is -1.99. The molecule has 7 heteroatoms. The Balaban J connectivity index is 1.84. The van der Waals surface area contributed by atoms with E-state index in [-0.39, 0.29) is 11.5 Å². The average molecular weight is 482 g/mol. The molecule has 0 aromatic heterocycles. The molecule has 2 aromatic rings. The molecule has 3 N–H and O–H groups in total. The molecular weight excluding hydrogens is 464 g/mol. The number of halogens is 2. The lowest BCUT2D eigenvalue weighted by atomic mass is 9.88. The number of hydrogen-bond donors (Lipinski definition) is 3. The Labute approximate surface area is 168 Å². The van der Waals surface area contributed by atoms with Gasteiger partial charge >= 0.3 is 0 Å². The number of ether oxygens (including phenoxy) is 1. The summed E-state index contributed by atoms with van der Waals surface area (Å²) in [5.41, 5.74) is 7.14. The highest BCUT2D eigenvalue weighted by molar-refractivity contribution is 9.13. The number of phenols is 2. The molecule has 2 aromatic carbocycles. The summed E-state index contributed by atoms with van der Waals surface area (Å²) in [5.74, 6) is 0.385. The maximum atomic E-state index is 9.77. The summed E-state index contributed by atoms with van der Waals surface area (Å²) >= 11 is 6.62. The number of aromatic hydroxyl groups is 2. The highest BCUT2D eigenvalue weighted by Gasteiger charge is 2.16. The molecule has 0 bridgehead atoms. The van der Waals surface area contributed by atoms with Crippen molar-refractivity contribution < 1.29 is 14.9 Å². The monoisotopic (exact) mass is 480 g/mol. The molecular formula is C19H18Br2N2O3. The Morgan fingerprint density at radius 3 is 2.42 bits per heavy atom. The van der Waals surface area contributed by atoms with E-state index in [1.54, 1.807) is 13.3 Å². The maximum absolute atomic E-state index is 9.77. The molecule has 0 aliphatic heterocycles. The fraction of sp³-hybridized carbons (Fsp3) is 0.211. The van der Waals surface area contributed by atoms with Crippen molar-refractivity contribution in [3.63, 3.8) is 0 Å². The van der Waals surface area contributed by atoms with Crippen LogP contribution in [0.25, 0.3) is 5.70 Å². The third-order valence-electron chi connectivity index (χ3n) is 4.26. The number of allylic oxidation sites excluding steroid dienone is 1. The Kier molecular flexibility index (Phi) is 5.88. The molecule has 5 nitrogen and oxygen atoms in total. The minimum absolute atomic E-state index is 0.211. The number of methoxy groups -OCH3 is 1. The van der Waals surface area contributed by atoms with Crippen LogP contribution in [0.5, 0.6) is 17.2 Å². The van der Waals surface area contributed by atoms with Crippen molar-refractivity contribution in [1.82, 2.24) is 5.43 Å². The first kappa shape index (κ1) is 18.8. The largest absolute Gasteiger partial charge is 0.504 e. The third-order valence-corrected chi connectivity index (χ3v) is 6.42. The van der Waals surface area contributed by atoms with E-state index in [9.17, 15) is 10.2 Å². The van der Waals surface area contributed by atoms with Gasteiger partial charge in [0.15, 0.2) is 11.5 Å². The number of nitrogens with one attached hydrogen (secondary N) is 1. The molecule has 0 spiro atoms. The zero-order valence-electron chi connectivity index (χ0n) is 14.1. The van der Waals surface area contributed by atoms with Crippen LogP contribution in [0.15, 0.2) is 50.0 Å². The van der Waals surface area contributed by atoms with Crippen LogP contribution in [0, 0.1) is 0 Å². The van der Waals surface area contributed by atoms with Gasteiger partial charge in [0.05, 0.1) is 23.5 Å². The van der Waals surface area contributed by atoms with Crippen LogP contribution in [0.1, 0.15) is 30.4 Å². The van der Waals surface area contributed by atoms with Crippen LogP contribution in [-0.4, -0.2) is 23.5 Å². The van der Waals surface area contributed by atoms with Gasteiger partial charge in [0.1, 0.15) is 5.75 Å². The zero-order valence-corrected chi connectivity index (χ0v) is 17.3. The minimum Gasteiger partial charge on any atom is -0.504 e. The van der Waals surface area contributed by atoms with E-state index in [1.165, 1.54) is 18.1 Å². The lowest BCUT2D eigenvalue weighted by Gasteiger charge is -2.22. The molecule has 1 aliphatic rings. The SMILES string of the molecule is COc1ccc(C(N/N=C/c2cc(O)c(O)c(Br)c2Br)=C2CCC2)cc1. The standard InChI is InChI=1S/C19H18Br2N2O3/c1-26-14-7-5-12(6-8-14)18(11-3-2-4-11)23-22-10-13-9-15(24)19(25)17(21)16(13)20/h5-10,23-25H,2-4H2,1H3/b22-10+. The quantitative estimate of drug-likeness (QED) is 0.313. The molecule has 3 rings (SSSR count). The summed E-state index contributed by atoms with van der Waals surface area (Å²) in [4.78, 5) is 0. The molecule has 1 saturated carbocycles. The average Bonchev–Trinajstić information content (AvgIpc) is 2.61. The van der Waals surface area contributed by atoms with Crippen LogP contribution >= 0.6 is 31.9 Å². The summed E-state index contributed by atoms with van der Waals surface area (Å²) in [7, 11) is 1.64. The van der Waals surface area contributed by atoms with E-state index in [2.05, 4.69) is 42.4 Å². The van der Waals surface area contributed by atoms with Crippen molar-refractivity contribution in [3.05, 3.63) is 56.0 Å². The maximum Gasteiger partial charge on any atom is 0.173 e. The lowest BCUT2D eigenvalue weighted by molar-refractivity contribution is 0.401. The highest BCUT2D eigenvalue weighted by atomic mass is 79.9. The normalized spacial score (nSPS) is 13.6. The van der Waals surface area contributed by atoms with Crippen molar-refractivity contribution in [2.24, 2.45) is 5.10 Å². The van der Waals surface area contributed by atoms with E-state index in [0.29, 0.717) is 14.5 Å². The van der Waals surface area contributed by atoms with Crippen LogP contribution in [0.4, 0.5) is 0 Å². The van der Waals surface area contributed by atoms with Crippen LogP contribution < -0.4 is 10.2 Å². The highest BCUT2D eigenvalue weighted by Crippen LogP contribution is 2.40. The Morgan fingerprint density at radius 2 is 1.85 bits per heavy atom. The fourth-order valence-electron chi connectivity index (χ4n) is 2.59. The number of hydrazone groups is 1. The van der Waals surface area contributed by atoms with Gasteiger partial charge in [-0.15, -0.1) is 0 Å². The third kappa shape index (κ3) is 3.88. The smallest absolute Gasteiger partial charge is 0.173 e. The van der Waals surface area contributed by atoms with Crippen molar-refractivity contribution >= 4 is 43.8 Å². The van der Waals surface area contributed by atoms with Gasteiger partial charge in [-0.2, -0.15) is 5.10 Å². The first-order valence-electron chi connectivity index (χ1n) is 8.06. The number of hydrogen-bond acceptors (Lipinski definition) is 5. The van der Waals surface area contributed by atoms with E-state index in [0.717, 1.165) is 29.9 Å². The van der Waals surface area contributed by atoms with Crippen molar-refractivity contribution in [2.75, 3.05) is 7.11 Å². The predicted octanol–water partition coefficient (Wildman–Crippen LogP) is 5.15. The van der Waals surface area contributed by atoms with Crippen molar-refractivity contribution in [1.29, 1.82) is 0 Å². The fourth-order valence-corrected chi connectivity index (χ4v) is 3.43. The minimum atomic E-state index is -0.214. The second-order valence-electron chi connectivity index (χ2n) is 5.89. The van der Waals surface area contributed by atoms with Gasteiger partial charge in [0.25, 0.3) is 0 Å². The second-order valence-corrected chi connectivity index (χ2v) is 7.48. The summed E-state index contributed by atoms with van der Waals surface area (Å²) < 4.78 is 6.21. The van der Waals surface area contributed by atoms with Crippen LogP contribution in [0.2, 0.25) is 0 Å². The number of rotatable bonds is 5. The number of nitrogens with zero attached hydrogens (tertiary/aromatic N) is 1. The summed E-state index contributed by atoms with van der Waals surface area (Å²) in [6.45, 7) is 0. The first-order valence-corrected chi connectivity index (χ1v) is 9.65. The van der Waals surface area contributed by atoms with Crippen LogP contribution in [-0.2, 0) is 0 Å². The molecule has 0 radical (unpaired) electrons. The Morgan fingerprint density at radius 1 is 1.15 bits per heavy atom. The molecule has 0 heterocycles. The molecule has 136 valence electrons. The molecule has 0 saturated heterocycles. The summed E-state index contributed by atoms with van der Waals surface area (Å²) in [5, 5.41) is 23.8. The predicted molar refractivity (Wildman–Crippen MR) is 110 cm³/mol. The van der Waals surface area contributed by atoms with Crippen molar-refractivity contribution in [3.8, 4) is 17.2 Å². The van der Waals surface area contributed by atoms with E-state index >= 15 is 0 Å². The Bertz CT molecular complexity index is 871. The van der Waals surface area contributed by atoms with Gasteiger partial charge in [-0.05, 0) is 92.6 Å². The van der Waals surface area contributed by atoms with E-state index < -0.39 is 0 Å². The van der Waals surface area contributed by atoms with Crippen molar-refractivity contribution in [2.45, 2.75) is 19.3 Å². The van der Waals surface area contributed by atoms with Gasteiger partial charge in [-0.1, -0.05) is 0 Å². The second kappa shape index (κ2) is 8.14. The summed E-state index contributed by atoms with van der Waals surface area (Å²) in [6, 6.07) is 9.29.